The minimum Gasteiger partial charge on any atom is -0.493 e. The number of hydrogen-bond acceptors (Lipinski definition) is 2. The third-order valence-electron chi connectivity index (χ3n) is 1.66. The smallest absolute Gasteiger partial charge is 0.161 e. The van der Waals surface area contributed by atoms with Crippen LogP contribution in [0.15, 0.2) is 24.3 Å². The Bertz CT molecular complexity index is 279. The zero-order chi connectivity index (χ0) is 10.4. The second-order valence-electron chi connectivity index (χ2n) is 2.71. The van der Waals surface area contributed by atoms with Gasteiger partial charge >= 0.3 is 0 Å². The van der Waals surface area contributed by atoms with Gasteiger partial charge < -0.3 is 9.47 Å². The molecule has 0 amide bonds. The molecule has 78 valence electrons. The van der Waals surface area contributed by atoms with Crippen LogP contribution in [-0.4, -0.2) is 23.9 Å². The van der Waals surface area contributed by atoms with Crippen LogP contribution in [0.4, 0.5) is 0 Å². The molecule has 0 heterocycles. The van der Waals surface area contributed by atoms with Crippen molar-refractivity contribution in [2.45, 2.75) is 4.83 Å². The summed E-state index contributed by atoms with van der Waals surface area (Å²) in [6.07, 6.45) is 0. The van der Waals surface area contributed by atoms with E-state index in [2.05, 4.69) is 31.9 Å². The second-order valence-corrected chi connectivity index (χ2v) is 4.66. The fourth-order valence-electron chi connectivity index (χ4n) is 0.963. The first kappa shape index (κ1) is 11.9. The van der Waals surface area contributed by atoms with E-state index in [9.17, 15) is 0 Å². The molecule has 0 aliphatic carbocycles. The van der Waals surface area contributed by atoms with Crippen molar-refractivity contribution in [2.24, 2.45) is 0 Å². The van der Waals surface area contributed by atoms with Gasteiger partial charge in [0.25, 0.3) is 0 Å². The Balaban J connectivity index is 2.57. The monoisotopic (exact) mass is 322 g/mol. The van der Waals surface area contributed by atoms with E-state index >= 15 is 0 Å². The van der Waals surface area contributed by atoms with Crippen molar-refractivity contribution in [3.8, 4) is 11.5 Å². The van der Waals surface area contributed by atoms with E-state index in [1.54, 1.807) is 7.11 Å². The third-order valence-corrected chi connectivity index (χ3v) is 3.89. The maximum absolute atomic E-state index is 5.58. The van der Waals surface area contributed by atoms with Crippen LogP contribution >= 0.6 is 31.9 Å². The van der Waals surface area contributed by atoms with Gasteiger partial charge in [-0.1, -0.05) is 44.0 Å². The minimum atomic E-state index is 0.312. The molecule has 4 heteroatoms. The van der Waals surface area contributed by atoms with Crippen LogP contribution < -0.4 is 9.47 Å². The number of hydrogen-bond donors (Lipinski definition) is 0. The first-order chi connectivity index (χ1) is 6.77. The van der Waals surface area contributed by atoms with Gasteiger partial charge in [-0.25, -0.2) is 0 Å². The summed E-state index contributed by atoms with van der Waals surface area (Å²) in [4.78, 5) is 0.312. The SMILES string of the molecule is COc1ccccc1OCC(Br)CBr. The summed E-state index contributed by atoms with van der Waals surface area (Å²) in [5, 5.41) is 0.863. The molecule has 0 fully saturated rings. The van der Waals surface area contributed by atoms with Crippen LogP contribution in [0.25, 0.3) is 0 Å². The molecule has 0 aliphatic rings. The normalized spacial score (nSPS) is 12.2. The van der Waals surface area contributed by atoms with Gasteiger partial charge in [0.1, 0.15) is 6.61 Å². The zero-order valence-electron chi connectivity index (χ0n) is 7.87. The summed E-state index contributed by atoms with van der Waals surface area (Å²) < 4.78 is 10.7. The maximum atomic E-state index is 5.58. The van der Waals surface area contributed by atoms with Crippen molar-refractivity contribution in [3.63, 3.8) is 0 Å². The third kappa shape index (κ3) is 3.50. The number of alkyl halides is 2. The van der Waals surface area contributed by atoms with Crippen LogP contribution in [0.3, 0.4) is 0 Å². The topological polar surface area (TPSA) is 18.5 Å². The van der Waals surface area contributed by atoms with Crippen molar-refractivity contribution in [3.05, 3.63) is 24.3 Å². The van der Waals surface area contributed by atoms with Crippen molar-refractivity contribution < 1.29 is 9.47 Å². The molecule has 0 aromatic heterocycles. The predicted octanol–water partition coefficient (Wildman–Crippen LogP) is 3.23. The quantitative estimate of drug-likeness (QED) is 0.774. The highest BCUT2D eigenvalue weighted by Crippen LogP contribution is 2.26. The predicted molar refractivity (Wildman–Crippen MR) is 65.0 cm³/mol. The summed E-state index contributed by atoms with van der Waals surface area (Å²) in [5.74, 6) is 1.54. The molecule has 0 saturated heterocycles. The van der Waals surface area contributed by atoms with E-state index in [0.717, 1.165) is 16.8 Å². The number of ether oxygens (including phenoxy) is 2. The first-order valence-electron chi connectivity index (χ1n) is 4.23. The summed E-state index contributed by atoms with van der Waals surface area (Å²) in [6, 6.07) is 7.62. The number of methoxy groups -OCH3 is 1. The van der Waals surface area contributed by atoms with Crippen LogP contribution in [0.5, 0.6) is 11.5 Å². The van der Waals surface area contributed by atoms with Crippen molar-refractivity contribution >= 4 is 31.9 Å². The van der Waals surface area contributed by atoms with Crippen LogP contribution in [-0.2, 0) is 0 Å². The molecule has 2 nitrogen and oxygen atoms in total. The summed E-state index contributed by atoms with van der Waals surface area (Å²) in [6.45, 7) is 0.617. The fourth-order valence-corrected chi connectivity index (χ4v) is 1.28. The van der Waals surface area contributed by atoms with Crippen molar-refractivity contribution in [2.75, 3.05) is 19.0 Å². The first-order valence-corrected chi connectivity index (χ1v) is 6.27. The van der Waals surface area contributed by atoms with E-state index in [1.807, 2.05) is 24.3 Å². The summed E-state index contributed by atoms with van der Waals surface area (Å²) in [7, 11) is 1.64. The molecule has 0 bridgehead atoms. The van der Waals surface area contributed by atoms with Gasteiger partial charge in [0.2, 0.25) is 0 Å². The Hall–Kier alpha value is -0.220. The average Bonchev–Trinajstić information content (AvgIpc) is 2.26. The number of rotatable bonds is 5. The highest BCUT2D eigenvalue weighted by atomic mass is 79.9. The number of halogens is 2. The molecule has 14 heavy (non-hydrogen) atoms. The zero-order valence-corrected chi connectivity index (χ0v) is 11.0. The maximum Gasteiger partial charge on any atom is 0.161 e. The molecule has 0 aliphatic heterocycles. The summed E-state index contributed by atoms with van der Waals surface area (Å²) in [5.41, 5.74) is 0. The highest BCUT2D eigenvalue weighted by Gasteiger charge is 2.06. The molecule has 1 atom stereocenters. The standard InChI is InChI=1S/C10H12Br2O2/c1-13-9-4-2-3-5-10(9)14-7-8(12)6-11/h2-5,8H,6-7H2,1H3. The van der Waals surface area contributed by atoms with Crippen molar-refractivity contribution in [1.29, 1.82) is 0 Å². The van der Waals surface area contributed by atoms with E-state index < -0.39 is 0 Å². The van der Waals surface area contributed by atoms with Gasteiger partial charge in [0, 0.05) is 5.33 Å². The average molecular weight is 324 g/mol. The highest BCUT2D eigenvalue weighted by molar-refractivity contribution is 9.12. The molecule has 0 spiro atoms. The Morgan fingerprint density at radius 1 is 1.29 bits per heavy atom. The largest absolute Gasteiger partial charge is 0.493 e. The van der Waals surface area contributed by atoms with Gasteiger partial charge in [-0.15, -0.1) is 0 Å². The molecular weight excluding hydrogens is 312 g/mol. The Labute approximate surface area is 101 Å². The summed E-state index contributed by atoms with van der Waals surface area (Å²) >= 11 is 6.83. The Morgan fingerprint density at radius 3 is 2.50 bits per heavy atom. The molecule has 0 saturated carbocycles. The van der Waals surface area contributed by atoms with E-state index in [4.69, 9.17) is 9.47 Å². The lowest BCUT2D eigenvalue weighted by Crippen LogP contribution is -2.12. The minimum absolute atomic E-state index is 0.312. The molecule has 1 aromatic carbocycles. The van der Waals surface area contributed by atoms with E-state index in [-0.39, 0.29) is 0 Å². The number of benzene rings is 1. The Morgan fingerprint density at radius 2 is 1.93 bits per heavy atom. The number of para-hydroxylation sites is 2. The molecule has 1 unspecified atom stereocenters. The van der Waals surface area contributed by atoms with Gasteiger partial charge in [-0.2, -0.15) is 0 Å². The Kier molecular flexibility index (Phi) is 5.33. The van der Waals surface area contributed by atoms with E-state index in [0.29, 0.717) is 11.4 Å². The van der Waals surface area contributed by atoms with Crippen molar-refractivity contribution in [1.82, 2.24) is 0 Å². The lowest BCUT2D eigenvalue weighted by Gasteiger charge is -2.11. The molecule has 0 radical (unpaired) electrons. The van der Waals surface area contributed by atoms with E-state index in [1.165, 1.54) is 0 Å². The van der Waals surface area contributed by atoms with Crippen LogP contribution in [0.1, 0.15) is 0 Å². The van der Waals surface area contributed by atoms with Gasteiger partial charge in [-0.05, 0) is 12.1 Å². The van der Waals surface area contributed by atoms with Crippen LogP contribution in [0, 0.1) is 0 Å². The second kappa shape index (κ2) is 6.30. The molecule has 1 rings (SSSR count). The lowest BCUT2D eigenvalue weighted by molar-refractivity contribution is 0.300. The van der Waals surface area contributed by atoms with Crippen LogP contribution in [0.2, 0.25) is 0 Å². The van der Waals surface area contributed by atoms with Gasteiger partial charge in [0.15, 0.2) is 11.5 Å². The van der Waals surface area contributed by atoms with Gasteiger partial charge in [-0.3, -0.25) is 0 Å². The fraction of sp³-hybridized carbons (Fsp3) is 0.400. The lowest BCUT2D eigenvalue weighted by atomic mass is 10.3. The molecular formula is C10H12Br2O2. The molecule has 1 aromatic rings. The van der Waals surface area contributed by atoms with Gasteiger partial charge in [0.05, 0.1) is 11.9 Å². The molecule has 0 N–H and O–H groups in total.